The summed E-state index contributed by atoms with van der Waals surface area (Å²) in [5.74, 6) is 1.81. The van der Waals surface area contributed by atoms with Gasteiger partial charge in [0.15, 0.2) is 0 Å². The molecule has 0 radical (unpaired) electrons. The maximum atomic E-state index is 9.36. The number of hydrogen-bond acceptors (Lipinski definition) is 6. The van der Waals surface area contributed by atoms with Crippen molar-refractivity contribution >= 4 is 11.8 Å². The number of rotatable bonds is 8. The first-order valence-electron chi connectivity index (χ1n) is 10.6. The Morgan fingerprint density at radius 2 is 1.70 bits per heavy atom. The van der Waals surface area contributed by atoms with Gasteiger partial charge in [0, 0.05) is 38.4 Å². The molecule has 1 fully saturated rings. The van der Waals surface area contributed by atoms with Crippen molar-refractivity contribution in [2.24, 2.45) is 0 Å². The second-order valence-electron chi connectivity index (χ2n) is 7.79. The number of nitrogens with one attached hydrogen (secondary N) is 2. The molecular formula is C24H29N5O. The lowest BCUT2D eigenvalue weighted by atomic mass is 10.0. The van der Waals surface area contributed by atoms with Crippen LogP contribution in [0.4, 0.5) is 11.8 Å². The minimum atomic E-state index is 0.295. The number of phenolic OH excluding ortho intramolecular Hbond substituents is 1. The van der Waals surface area contributed by atoms with Gasteiger partial charge in [0.25, 0.3) is 0 Å². The zero-order valence-electron chi connectivity index (χ0n) is 17.2. The topological polar surface area (TPSA) is 73.3 Å². The van der Waals surface area contributed by atoms with E-state index in [1.165, 1.54) is 11.1 Å². The molecule has 1 saturated heterocycles. The third-order valence-electron chi connectivity index (χ3n) is 5.48. The number of anilines is 2. The van der Waals surface area contributed by atoms with Gasteiger partial charge in [-0.2, -0.15) is 4.98 Å². The molecule has 0 amide bonds. The van der Waals surface area contributed by atoms with Crippen molar-refractivity contribution in [2.45, 2.75) is 31.8 Å². The van der Waals surface area contributed by atoms with Gasteiger partial charge in [-0.1, -0.05) is 42.5 Å². The van der Waals surface area contributed by atoms with Crippen LogP contribution in [0.25, 0.3) is 0 Å². The molecule has 1 aromatic heterocycles. The van der Waals surface area contributed by atoms with Crippen LogP contribution in [-0.4, -0.2) is 45.7 Å². The van der Waals surface area contributed by atoms with Gasteiger partial charge in [0.1, 0.15) is 11.6 Å². The fraction of sp³-hybridized carbons (Fsp3) is 0.333. The predicted molar refractivity (Wildman–Crippen MR) is 121 cm³/mol. The summed E-state index contributed by atoms with van der Waals surface area (Å²) in [6.45, 7) is 3.96. The van der Waals surface area contributed by atoms with Crippen LogP contribution in [0.15, 0.2) is 66.9 Å². The lowest BCUT2D eigenvalue weighted by molar-refractivity contribution is 0.211. The first-order chi connectivity index (χ1) is 14.7. The summed E-state index contributed by atoms with van der Waals surface area (Å²) in [5.41, 5.74) is 2.55. The quantitative estimate of drug-likeness (QED) is 0.530. The van der Waals surface area contributed by atoms with Gasteiger partial charge in [0.05, 0.1) is 0 Å². The van der Waals surface area contributed by atoms with Crippen molar-refractivity contribution in [3.8, 4) is 5.75 Å². The van der Waals surface area contributed by atoms with Crippen LogP contribution in [0.3, 0.4) is 0 Å². The number of likely N-dealkylation sites (tertiary alicyclic amines) is 1. The number of phenols is 1. The van der Waals surface area contributed by atoms with E-state index in [0.717, 1.165) is 51.3 Å². The highest BCUT2D eigenvalue weighted by Crippen LogP contribution is 2.17. The predicted octanol–water partition coefficient (Wildman–Crippen LogP) is 3.91. The normalized spacial score (nSPS) is 15.1. The van der Waals surface area contributed by atoms with Crippen LogP contribution in [0.1, 0.15) is 24.0 Å². The highest BCUT2D eigenvalue weighted by Gasteiger charge is 2.19. The molecule has 6 heteroatoms. The van der Waals surface area contributed by atoms with Crippen molar-refractivity contribution in [3.05, 3.63) is 78.0 Å². The highest BCUT2D eigenvalue weighted by molar-refractivity contribution is 5.40. The van der Waals surface area contributed by atoms with Crippen molar-refractivity contribution in [2.75, 3.05) is 30.3 Å². The summed E-state index contributed by atoms with van der Waals surface area (Å²) in [6, 6.07) is 20.3. The molecule has 156 valence electrons. The summed E-state index contributed by atoms with van der Waals surface area (Å²) in [6.07, 6.45) is 4.85. The average Bonchev–Trinajstić information content (AvgIpc) is 2.78. The monoisotopic (exact) mass is 403 g/mol. The number of nitrogens with zero attached hydrogens (tertiary/aromatic N) is 3. The van der Waals surface area contributed by atoms with E-state index in [0.29, 0.717) is 17.7 Å². The zero-order chi connectivity index (χ0) is 20.6. The molecule has 0 saturated carbocycles. The van der Waals surface area contributed by atoms with E-state index in [1.54, 1.807) is 18.3 Å². The second-order valence-corrected chi connectivity index (χ2v) is 7.79. The van der Waals surface area contributed by atoms with Crippen LogP contribution >= 0.6 is 0 Å². The number of aromatic hydroxyl groups is 1. The molecule has 0 atom stereocenters. The molecule has 3 aromatic rings. The van der Waals surface area contributed by atoms with Crippen molar-refractivity contribution in [1.29, 1.82) is 0 Å². The molecule has 2 aromatic carbocycles. The SMILES string of the molecule is Oc1ccc(CCNc2ccnc(NC3CCN(Cc4ccccc4)CC3)n2)cc1. The van der Waals surface area contributed by atoms with E-state index < -0.39 is 0 Å². The minimum absolute atomic E-state index is 0.295. The smallest absolute Gasteiger partial charge is 0.224 e. The van der Waals surface area contributed by atoms with Gasteiger partial charge < -0.3 is 15.7 Å². The van der Waals surface area contributed by atoms with Crippen LogP contribution in [-0.2, 0) is 13.0 Å². The van der Waals surface area contributed by atoms with Gasteiger partial charge in [-0.3, -0.25) is 4.90 Å². The third kappa shape index (κ3) is 5.94. The Morgan fingerprint density at radius 3 is 2.47 bits per heavy atom. The average molecular weight is 404 g/mol. The molecule has 0 spiro atoms. The molecule has 30 heavy (non-hydrogen) atoms. The minimum Gasteiger partial charge on any atom is -0.508 e. The van der Waals surface area contributed by atoms with E-state index in [4.69, 9.17) is 0 Å². The third-order valence-corrected chi connectivity index (χ3v) is 5.48. The van der Waals surface area contributed by atoms with E-state index in [9.17, 15) is 5.11 Å². The first-order valence-corrected chi connectivity index (χ1v) is 10.6. The van der Waals surface area contributed by atoms with Crippen LogP contribution in [0.5, 0.6) is 5.75 Å². The summed E-state index contributed by atoms with van der Waals surface area (Å²) < 4.78 is 0. The van der Waals surface area contributed by atoms with E-state index in [1.807, 2.05) is 18.2 Å². The van der Waals surface area contributed by atoms with Crippen molar-refractivity contribution < 1.29 is 5.11 Å². The molecular weight excluding hydrogens is 374 g/mol. The van der Waals surface area contributed by atoms with E-state index in [-0.39, 0.29) is 0 Å². The molecule has 6 nitrogen and oxygen atoms in total. The van der Waals surface area contributed by atoms with E-state index in [2.05, 4.69) is 55.8 Å². The van der Waals surface area contributed by atoms with Gasteiger partial charge in [-0.05, 0) is 48.6 Å². The maximum Gasteiger partial charge on any atom is 0.224 e. The molecule has 0 unspecified atom stereocenters. The van der Waals surface area contributed by atoms with Crippen molar-refractivity contribution in [3.63, 3.8) is 0 Å². The maximum absolute atomic E-state index is 9.36. The Morgan fingerprint density at radius 1 is 0.933 bits per heavy atom. The summed E-state index contributed by atoms with van der Waals surface area (Å²) in [5, 5.41) is 16.2. The Balaban J connectivity index is 1.22. The Labute approximate surface area is 178 Å². The second kappa shape index (κ2) is 10.1. The lowest BCUT2D eigenvalue weighted by Gasteiger charge is -2.32. The van der Waals surface area contributed by atoms with Gasteiger partial charge in [-0.25, -0.2) is 4.98 Å². The van der Waals surface area contributed by atoms with Gasteiger partial charge in [0.2, 0.25) is 5.95 Å². The fourth-order valence-electron chi connectivity index (χ4n) is 3.78. The largest absolute Gasteiger partial charge is 0.508 e. The molecule has 2 heterocycles. The van der Waals surface area contributed by atoms with Crippen molar-refractivity contribution in [1.82, 2.24) is 14.9 Å². The molecule has 0 aliphatic carbocycles. The molecule has 0 bridgehead atoms. The highest BCUT2D eigenvalue weighted by atomic mass is 16.3. The number of benzene rings is 2. The zero-order valence-corrected chi connectivity index (χ0v) is 17.2. The Hall–Kier alpha value is -3.12. The van der Waals surface area contributed by atoms with Crippen LogP contribution in [0.2, 0.25) is 0 Å². The Bertz CT molecular complexity index is 908. The first kappa shape index (κ1) is 20.2. The number of piperidine rings is 1. The molecule has 1 aliphatic heterocycles. The summed E-state index contributed by atoms with van der Waals surface area (Å²) in [7, 11) is 0. The number of aromatic nitrogens is 2. The molecule has 1 aliphatic rings. The van der Waals surface area contributed by atoms with Crippen LogP contribution < -0.4 is 10.6 Å². The van der Waals surface area contributed by atoms with Gasteiger partial charge in [-0.15, -0.1) is 0 Å². The Kier molecular flexibility index (Phi) is 6.77. The molecule has 3 N–H and O–H groups in total. The van der Waals surface area contributed by atoms with E-state index >= 15 is 0 Å². The summed E-state index contributed by atoms with van der Waals surface area (Å²) in [4.78, 5) is 11.5. The standard InChI is InChI=1S/C24H29N5O/c30-22-8-6-19(7-9-22)10-14-25-23-11-15-26-24(28-23)27-21-12-16-29(17-13-21)18-20-4-2-1-3-5-20/h1-9,11,15,21,30H,10,12-14,16-18H2,(H2,25,26,27,28). The summed E-state index contributed by atoms with van der Waals surface area (Å²) >= 11 is 0. The van der Waals surface area contributed by atoms with Gasteiger partial charge >= 0.3 is 0 Å². The lowest BCUT2D eigenvalue weighted by Crippen LogP contribution is -2.39. The number of hydrogen-bond donors (Lipinski definition) is 3. The molecule has 4 rings (SSSR count). The fourth-order valence-corrected chi connectivity index (χ4v) is 3.78. The van der Waals surface area contributed by atoms with Crippen LogP contribution in [0, 0.1) is 0 Å².